The van der Waals surface area contributed by atoms with E-state index in [0.717, 1.165) is 19.3 Å². The molecule has 0 aromatic carbocycles. The smallest absolute Gasteiger partial charge is 0.305 e. The summed E-state index contributed by atoms with van der Waals surface area (Å²) in [5.41, 5.74) is -0.0513. The van der Waals surface area contributed by atoms with Gasteiger partial charge < -0.3 is 14.2 Å². The number of esters is 1. The molecule has 1 heterocycles. The third kappa shape index (κ3) is 8.16. The molecule has 0 aliphatic carbocycles. The van der Waals surface area contributed by atoms with E-state index in [1.54, 1.807) is 0 Å². The van der Waals surface area contributed by atoms with Gasteiger partial charge in [0.15, 0.2) is 6.29 Å². The predicted octanol–water partition coefficient (Wildman–Crippen LogP) is 4.85. The van der Waals surface area contributed by atoms with Crippen molar-refractivity contribution in [1.29, 1.82) is 0 Å². The minimum atomic E-state index is -0.195. The maximum absolute atomic E-state index is 11.6. The highest BCUT2D eigenvalue weighted by molar-refractivity contribution is 5.69. The third-order valence-corrected chi connectivity index (χ3v) is 4.22. The Kier molecular flexibility index (Phi) is 9.15. The van der Waals surface area contributed by atoms with Gasteiger partial charge >= 0.3 is 5.97 Å². The van der Waals surface area contributed by atoms with Crippen LogP contribution in [0.2, 0.25) is 0 Å². The molecule has 1 fully saturated rings. The average molecular weight is 328 g/mol. The summed E-state index contributed by atoms with van der Waals surface area (Å²) in [6.45, 7) is 10.9. The molecule has 4 heteroatoms. The first kappa shape index (κ1) is 20.4. The Morgan fingerprint density at radius 3 is 2.26 bits per heavy atom. The Hall–Kier alpha value is -0.610. The van der Waals surface area contributed by atoms with Gasteiger partial charge in [-0.25, -0.2) is 0 Å². The summed E-state index contributed by atoms with van der Waals surface area (Å²) < 4.78 is 17.3. The highest BCUT2D eigenvalue weighted by Gasteiger charge is 2.36. The molecule has 0 N–H and O–H groups in total. The molecule has 0 unspecified atom stereocenters. The van der Waals surface area contributed by atoms with Crippen molar-refractivity contribution in [3.05, 3.63) is 0 Å². The summed E-state index contributed by atoms with van der Waals surface area (Å²) in [4.78, 5) is 11.6. The maximum Gasteiger partial charge on any atom is 0.305 e. The maximum atomic E-state index is 11.6. The van der Waals surface area contributed by atoms with E-state index in [1.165, 1.54) is 25.7 Å². The summed E-state index contributed by atoms with van der Waals surface area (Å²) in [6, 6.07) is 0. The largest absolute Gasteiger partial charge is 0.466 e. The standard InChI is InChI=1S/C19H36O4/c1-6-8-9-10-11-15-14-16(12-13-17(20)21-7-2)23-18(22-15)19(3,4)5/h15-16,18H,6-14H2,1-5H3/t15-,16-,18-/m1/s1. The van der Waals surface area contributed by atoms with Gasteiger partial charge in [-0.15, -0.1) is 0 Å². The second kappa shape index (κ2) is 10.3. The molecule has 0 spiro atoms. The first-order chi connectivity index (χ1) is 10.9. The number of hydrogen-bond acceptors (Lipinski definition) is 4. The van der Waals surface area contributed by atoms with E-state index in [0.29, 0.717) is 13.0 Å². The number of ether oxygens (including phenoxy) is 3. The number of rotatable bonds is 9. The molecular formula is C19H36O4. The Balaban J connectivity index is 2.50. The van der Waals surface area contributed by atoms with E-state index in [1.807, 2.05) is 6.92 Å². The molecule has 4 nitrogen and oxygen atoms in total. The highest BCUT2D eigenvalue weighted by Crippen LogP contribution is 2.34. The minimum absolute atomic E-state index is 0.0513. The molecule has 0 aromatic rings. The van der Waals surface area contributed by atoms with Crippen molar-refractivity contribution in [2.24, 2.45) is 5.41 Å². The lowest BCUT2D eigenvalue weighted by molar-refractivity contribution is -0.281. The molecule has 0 amide bonds. The quantitative estimate of drug-likeness (QED) is 0.448. The SMILES string of the molecule is CCCCCC[C@@H]1C[C@@H](CCC(=O)OCC)O[C@H](C(C)(C)C)O1. The molecule has 1 aliphatic rings. The van der Waals surface area contributed by atoms with E-state index in [4.69, 9.17) is 14.2 Å². The van der Waals surface area contributed by atoms with Crippen molar-refractivity contribution in [3.63, 3.8) is 0 Å². The molecule has 1 saturated heterocycles. The second-order valence-corrected chi connectivity index (χ2v) is 7.64. The van der Waals surface area contributed by atoms with E-state index in [-0.39, 0.29) is 29.9 Å². The van der Waals surface area contributed by atoms with E-state index in [9.17, 15) is 4.79 Å². The molecule has 136 valence electrons. The molecule has 0 saturated carbocycles. The summed E-state index contributed by atoms with van der Waals surface area (Å²) in [6.07, 6.45) is 8.29. The molecule has 1 aliphatic heterocycles. The van der Waals surface area contributed by atoms with Crippen LogP contribution in [0, 0.1) is 5.41 Å². The van der Waals surface area contributed by atoms with Gasteiger partial charge in [-0.1, -0.05) is 53.4 Å². The number of unbranched alkanes of at least 4 members (excludes halogenated alkanes) is 3. The van der Waals surface area contributed by atoms with E-state index >= 15 is 0 Å². The molecular weight excluding hydrogens is 292 g/mol. The summed E-state index contributed by atoms with van der Waals surface area (Å²) in [7, 11) is 0. The Labute approximate surface area is 142 Å². The van der Waals surface area contributed by atoms with Crippen molar-refractivity contribution in [2.75, 3.05) is 6.61 Å². The number of carbonyl (C=O) groups is 1. The normalized spacial score (nSPS) is 25.3. The van der Waals surface area contributed by atoms with Gasteiger partial charge in [0.25, 0.3) is 0 Å². The Morgan fingerprint density at radius 2 is 1.70 bits per heavy atom. The third-order valence-electron chi connectivity index (χ3n) is 4.22. The van der Waals surface area contributed by atoms with Gasteiger partial charge in [-0.2, -0.15) is 0 Å². The monoisotopic (exact) mass is 328 g/mol. The van der Waals surface area contributed by atoms with Gasteiger partial charge in [-0.05, 0) is 19.8 Å². The molecule has 0 bridgehead atoms. The molecule has 23 heavy (non-hydrogen) atoms. The summed E-state index contributed by atoms with van der Waals surface area (Å²) >= 11 is 0. The van der Waals surface area contributed by atoms with Crippen LogP contribution in [0.1, 0.15) is 86.0 Å². The van der Waals surface area contributed by atoms with E-state index in [2.05, 4.69) is 27.7 Å². The number of carbonyl (C=O) groups excluding carboxylic acids is 1. The van der Waals surface area contributed by atoms with Crippen LogP contribution in [0.4, 0.5) is 0 Å². The van der Waals surface area contributed by atoms with Gasteiger partial charge in [0, 0.05) is 18.3 Å². The lowest BCUT2D eigenvalue weighted by Crippen LogP contribution is -2.44. The Bertz CT molecular complexity index is 335. The van der Waals surface area contributed by atoms with Crippen LogP contribution in [-0.4, -0.2) is 31.1 Å². The molecule has 3 atom stereocenters. The van der Waals surface area contributed by atoms with Gasteiger partial charge in [-0.3, -0.25) is 4.79 Å². The highest BCUT2D eigenvalue weighted by atomic mass is 16.7. The topological polar surface area (TPSA) is 44.8 Å². The van der Waals surface area contributed by atoms with Gasteiger partial charge in [0.05, 0.1) is 18.8 Å². The zero-order valence-electron chi connectivity index (χ0n) is 15.7. The van der Waals surface area contributed by atoms with E-state index < -0.39 is 0 Å². The predicted molar refractivity (Wildman–Crippen MR) is 92.2 cm³/mol. The fourth-order valence-corrected chi connectivity index (χ4v) is 2.88. The van der Waals surface area contributed by atoms with Crippen molar-refractivity contribution < 1.29 is 19.0 Å². The van der Waals surface area contributed by atoms with Crippen molar-refractivity contribution in [2.45, 2.75) is 104 Å². The van der Waals surface area contributed by atoms with Crippen LogP contribution in [0.5, 0.6) is 0 Å². The van der Waals surface area contributed by atoms with Crippen molar-refractivity contribution in [1.82, 2.24) is 0 Å². The first-order valence-electron chi connectivity index (χ1n) is 9.33. The van der Waals surface area contributed by atoms with Gasteiger partial charge in [0.2, 0.25) is 0 Å². The van der Waals surface area contributed by atoms with Crippen LogP contribution in [-0.2, 0) is 19.0 Å². The average Bonchev–Trinajstić information content (AvgIpc) is 2.49. The van der Waals surface area contributed by atoms with Crippen LogP contribution >= 0.6 is 0 Å². The molecule has 1 rings (SSSR count). The van der Waals surface area contributed by atoms with Crippen LogP contribution in [0.25, 0.3) is 0 Å². The zero-order chi connectivity index (χ0) is 17.3. The van der Waals surface area contributed by atoms with Crippen LogP contribution in [0.3, 0.4) is 0 Å². The first-order valence-corrected chi connectivity index (χ1v) is 9.33. The second-order valence-electron chi connectivity index (χ2n) is 7.64. The van der Waals surface area contributed by atoms with Crippen molar-refractivity contribution in [3.8, 4) is 0 Å². The Morgan fingerprint density at radius 1 is 1.04 bits per heavy atom. The summed E-state index contributed by atoms with van der Waals surface area (Å²) in [5, 5.41) is 0. The van der Waals surface area contributed by atoms with Crippen molar-refractivity contribution >= 4 is 5.97 Å². The van der Waals surface area contributed by atoms with Crippen LogP contribution < -0.4 is 0 Å². The fourth-order valence-electron chi connectivity index (χ4n) is 2.88. The van der Waals surface area contributed by atoms with Gasteiger partial charge in [0.1, 0.15) is 0 Å². The molecule has 0 radical (unpaired) electrons. The summed E-state index contributed by atoms with van der Waals surface area (Å²) in [5.74, 6) is -0.130. The molecule has 0 aromatic heterocycles. The minimum Gasteiger partial charge on any atom is -0.466 e. The lowest BCUT2D eigenvalue weighted by atomic mass is 9.93. The number of hydrogen-bond donors (Lipinski definition) is 0. The van der Waals surface area contributed by atoms with Crippen LogP contribution in [0.15, 0.2) is 0 Å². The zero-order valence-corrected chi connectivity index (χ0v) is 15.7. The fraction of sp³-hybridized carbons (Fsp3) is 0.947. The lowest BCUT2D eigenvalue weighted by Gasteiger charge is -2.41.